The Morgan fingerprint density at radius 1 is 0.776 bits per heavy atom. The molecule has 0 saturated heterocycles. The van der Waals surface area contributed by atoms with Crippen LogP contribution in [0, 0.1) is 39.0 Å². The molecule has 4 aromatic heterocycles. The highest BCUT2D eigenvalue weighted by atomic mass is 32.1. The third kappa shape index (κ3) is 6.26. The summed E-state index contributed by atoms with van der Waals surface area (Å²) >= 11 is 3.05. The molecule has 244 valence electrons. The lowest BCUT2D eigenvalue weighted by Crippen LogP contribution is -2.14. The highest BCUT2D eigenvalue weighted by Gasteiger charge is 2.29. The Kier molecular flexibility index (Phi) is 8.18. The first-order chi connectivity index (χ1) is 23.5. The molecule has 10 nitrogen and oxygen atoms in total. The van der Waals surface area contributed by atoms with Crippen molar-refractivity contribution in [2.45, 2.75) is 53.9 Å². The molecule has 0 radical (unpaired) electrons. The van der Waals surface area contributed by atoms with Crippen LogP contribution in [0.15, 0.2) is 77.0 Å². The van der Waals surface area contributed by atoms with Gasteiger partial charge in [-0.1, -0.05) is 85.4 Å². The minimum atomic E-state index is -0.421. The van der Waals surface area contributed by atoms with Gasteiger partial charge in [-0.3, -0.25) is 0 Å². The van der Waals surface area contributed by atoms with Crippen LogP contribution in [-0.2, 0) is 5.41 Å². The molecule has 0 unspecified atom stereocenters. The van der Waals surface area contributed by atoms with E-state index in [1.54, 1.807) is 16.0 Å². The molecule has 0 spiro atoms. The average molecular weight is 683 g/mol. The maximum atomic E-state index is 10.4. The number of para-hydroxylation sites is 2. The zero-order valence-electron chi connectivity index (χ0n) is 28.2. The number of rotatable bonds is 7. The first kappa shape index (κ1) is 32.1. The fraction of sp³-hybridized carbons (Fsp3) is 0.216. The predicted octanol–water partition coefficient (Wildman–Crippen LogP) is 10.8. The van der Waals surface area contributed by atoms with Crippen LogP contribution >= 0.6 is 22.7 Å². The van der Waals surface area contributed by atoms with Gasteiger partial charge in [0.1, 0.15) is 23.1 Å². The number of hydrogen-bond donors (Lipinski definition) is 2. The van der Waals surface area contributed by atoms with Crippen molar-refractivity contribution in [2.75, 3.05) is 10.6 Å². The number of nitriles is 1. The molecule has 0 saturated carbocycles. The van der Waals surface area contributed by atoms with Crippen LogP contribution in [-0.4, -0.2) is 24.7 Å². The van der Waals surface area contributed by atoms with Gasteiger partial charge < -0.3 is 10.6 Å². The molecule has 0 atom stereocenters. The number of aromatic nitrogens is 5. The van der Waals surface area contributed by atoms with Gasteiger partial charge in [0.15, 0.2) is 16.8 Å². The second-order valence-electron chi connectivity index (χ2n) is 13.0. The van der Waals surface area contributed by atoms with Crippen molar-refractivity contribution in [1.82, 2.24) is 24.7 Å². The Morgan fingerprint density at radius 2 is 1.43 bits per heavy atom. The SMILES string of the molecule is Cc1cc(C)c(Nc2nc(Nc3nc4ccccc4s3)cc(C)c2N=Nc2c(C#N)c(C(C)(C)C)nn2-c2nc3ccccc3s2)c(C)c1. The predicted molar refractivity (Wildman–Crippen MR) is 200 cm³/mol. The Balaban J connectivity index is 1.37. The molecule has 7 rings (SSSR count). The number of nitrogens with one attached hydrogen (secondary N) is 2. The number of aryl methyl sites for hydroxylation is 4. The largest absolute Gasteiger partial charge is 0.338 e. The maximum Gasteiger partial charge on any atom is 0.213 e. The van der Waals surface area contributed by atoms with Crippen molar-refractivity contribution < 1.29 is 0 Å². The normalized spacial score (nSPS) is 11.9. The number of thiazole rings is 2. The molecule has 0 bridgehead atoms. The molecule has 7 aromatic rings. The van der Waals surface area contributed by atoms with Crippen LogP contribution in [0.4, 0.5) is 34.0 Å². The second kappa shape index (κ2) is 12.5. The van der Waals surface area contributed by atoms with E-state index in [2.05, 4.69) is 55.7 Å². The fourth-order valence-electron chi connectivity index (χ4n) is 5.78. The minimum Gasteiger partial charge on any atom is -0.338 e. The van der Waals surface area contributed by atoms with Gasteiger partial charge in [-0.15, -0.1) is 10.2 Å². The van der Waals surface area contributed by atoms with Gasteiger partial charge in [0, 0.05) is 11.1 Å². The van der Waals surface area contributed by atoms with E-state index < -0.39 is 5.41 Å². The van der Waals surface area contributed by atoms with Crippen LogP contribution in [0.1, 0.15) is 54.3 Å². The summed E-state index contributed by atoms with van der Waals surface area (Å²) in [4.78, 5) is 14.6. The number of azo groups is 1. The van der Waals surface area contributed by atoms with Gasteiger partial charge in [-0.25, -0.2) is 15.0 Å². The van der Waals surface area contributed by atoms with E-state index in [0.29, 0.717) is 39.5 Å². The van der Waals surface area contributed by atoms with Crippen LogP contribution < -0.4 is 10.6 Å². The van der Waals surface area contributed by atoms with Crippen molar-refractivity contribution in [2.24, 2.45) is 10.2 Å². The van der Waals surface area contributed by atoms with E-state index in [1.807, 2.05) is 76.2 Å². The summed E-state index contributed by atoms with van der Waals surface area (Å²) in [5, 5.41) is 33.2. The monoisotopic (exact) mass is 682 g/mol. The van der Waals surface area contributed by atoms with Crippen LogP contribution in [0.5, 0.6) is 0 Å². The summed E-state index contributed by atoms with van der Waals surface area (Å²) in [5.41, 5.74) is 7.98. The Bertz CT molecular complexity index is 2360. The quantitative estimate of drug-likeness (QED) is 0.160. The summed E-state index contributed by atoms with van der Waals surface area (Å²) in [6.45, 7) is 14.3. The topological polar surface area (TPSA) is 129 Å². The van der Waals surface area contributed by atoms with Gasteiger partial charge in [-0.05, 0) is 74.7 Å². The molecule has 0 aliphatic heterocycles. The molecular weight excluding hydrogens is 649 g/mol. The van der Waals surface area contributed by atoms with Crippen LogP contribution in [0.25, 0.3) is 25.6 Å². The van der Waals surface area contributed by atoms with Crippen molar-refractivity contribution in [1.29, 1.82) is 5.26 Å². The summed E-state index contributed by atoms with van der Waals surface area (Å²) in [5.74, 6) is 1.45. The molecule has 0 aliphatic carbocycles. The highest BCUT2D eigenvalue weighted by molar-refractivity contribution is 7.22. The van der Waals surface area contributed by atoms with Gasteiger partial charge in [0.25, 0.3) is 0 Å². The molecule has 49 heavy (non-hydrogen) atoms. The first-order valence-corrected chi connectivity index (χ1v) is 17.4. The molecule has 0 amide bonds. The van der Waals surface area contributed by atoms with Crippen LogP contribution in [0.2, 0.25) is 0 Å². The van der Waals surface area contributed by atoms with Crippen molar-refractivity contribution in [3.63, 3.8) is 0 Å². The average Bonchev–Trinajstić information content (AvgIpc) is 3.76. The van der Waals surface area contributed by atoms with Crippen LogP contribution in [0.3, 0.4) is 0 Å². The summed E-state index contributed by atoms with van der Waals surface area (Å²) in [6, 6.07) is 24.5. The van der Waals surface area contributed by atoms with Gasteiger partial charge in [0.05, 0.1) is 26.1 Å². The minimum absolute atomic E-state index is 0.316. The Morgan fingerprint density at radius 3 is 2.06 bits per heavy atom. The third-order valence-electron chi connectivity index (χ3n) is 8.02. The standard InChI is InChI=1S/C37H34N10S2/c1-20-16-21(2)30(22(3)17-20)43-33-31(23(4)18-29(41-33)42-35-39-25-12-8-10-14-27(25)48-35)44-45-34-24(19-38)32(37(5,6)7)46-47(34)36-40-26-13-9-11-15-28(26)49-36/h8-18H,1-7H3,(H2,39,41,42,43). The highest BCUT2D eigenvalue weighted by Crippen LogP contribution is 2.40. The molecule has 0 aliphatic rings. The lowest BCUT2D eigenvalue weighted by molar-refractivity contribution is 0.559. The molecule has 3 aromatic carbocycles. The molecule has 4 heterocycles. The summed E-state index contributed by atoms with van der Waals surface area (Å²) < 4.78 is 3.74. The molecule has 12 heteroatoms. The zero-order valence-corrected chi connectivity index (χ0v) is 29.9. The first-order valence-electron chi connectivity index (χ1n) is 15.8. The lowest BCUT2D eigenvalue weighted by Gasteiger charge is -2.16. The molecule has 2 N–H and O–H groups in total. The number of pyridine rings is 1. The molecule has 0 fully saturated rings. The number of fused-ring (bicyclic) bond motifs is 2. The smallest absolute Gasteiger partial charge is 0.213 e. The number of hydrogen-bond acceptors (Lipinski definition) is 11. The van der Waals surface area contributed by atoms with E-state index in [4.69, 9.17) is 30.3 Å². The number of anilines is 4. The van der Waals surface area contributed by atoms with E-state index in [0.717, 1.165) is 47.9 Å². The summed E-state index contributed by atoms with van der Waals surface area (Å²) in [6.07, 6.45) is 0. The zero-order chi connectivity index (χ0) is 34.4. The van der Waals surface area contributed by atoms with Crippen molar-refractivity contribution in [3.8, 4) is 11.2 Å². The molecular formula is C37H34N10S2. The number of benzene rings is 3. The van der Waals surface area contributed by atoms with Gasteiger partial charge >= 0.3 is 0 Å². The van der Waals surface area contributed by atoms with Crippen molar-refractivity contribution in [3.05, 3.63) is 100 Å². The number of nitrogens with zero attached hydrogens (tertiary/aromatic N) is 8. The van der Waals surface area contributed by atoms with Crippen molar-refractivity contribution >= 4 is 77.1 Å². The second-order valence-corrected chi connectivity index (χ2v) is 15.1. The van der Waals surface area contributed by atoms with E-state index >= 15 is 0 Å². The Labute approximate surface area is 292 Å². The van der Waals surface area contributed by atoms with Gasteiger partial charge in [0.2, 0.25) is 5.13 Å². The fourth-order valence-corrected chi connectivity index (χ4v) is 7.58. The lowest BCUT2D eigenvalue weighted by atomic mass is 9.90. The maximum absolute atomic E-state index is 10.4. The van der Waals surface area contributed by atoms with E-state index in [1.165, 1.54) is 16.9 Å². The third-order valence-corrected chi connectivity index (χ3v) is 9.99. The Hall–Kier alpha value is -5.51. The summed E-state index contributed by atoms with van der Waals surface area (Å²) in [7, 11) is 0. The van der Waals surface area contributed by atoms with E-state index in [9.17, 15) is 5.26 Å². The van der Waals surface area contributed by atoms with Gasteiger partial charge in [-0.2, -0.15) is 15.0 Å². The van der Waals surface area contributed by atoms with E-state index in [-0.39, 0.29) is 0 Å².